The van der Waals surface area contributed by atoms with E-state index in [1.165, 1.54) is 17.2 Å². The third-order valence-corrected chi connectivity index (χ3v) is 30.7. The summed E-state index contributed by atoms with van der Waals surface area (Å²) < 4.78 is 102. The number of halogens is 1. The van der Waals surface area contributed by atoms with E-state index in [1.807, 2.05) is 154 Å². The van der Waals surface area contributed by atoms with E-state index in [4.69, 9.17) is 16.6 Å². The molecule has 0 unspecified atom stereocenters. The predicted octanol–water partition coefficient (Wildman–Crippen LogP) is 17.9. The number of fused-ring (bicyclic) bond motifs is 4. The van der Waals surface area contributed by atoms with Crippen LogP contribution < -0.4 is 38.5 Å². The molecule has 0 saturated carbocycles. The van der Waals surface area contributed by atoms with Gasteiger partial charge >= 0.3 is 0 Å². The lowest BCUT2D eigenvalue weighted by Crippen LogP contribution is -2.25. The Morgan fingerprint density at radius 3 is 1.11 bits per heavy atom. The first-order valence-corrected chi connectivity index (χ1v) is 49.1. The quantitative estimate of drug-likeness (QED) is 0.0698. The number of hydrogen-bond donors (Lipinski definition) is 4. The van der Waals surface area contributed by atoms with E-state index in [1.54, 1.807) is 159 Å². The average Bonchev–Trinajstić information content (AvgIpc) is 1.31. The monoisotopic (exact) mass is 1850 g/mol. The number of benzene rings is 9. The van der Waals surface area contributed by atoms with Crippen LogP contribution in [0.4, 0.5) is 45.5 Å². The molecule has 664 valence electrons. The van der Waals surface area contributed by atoms with Crippen LogP contribution in [0.5, 0.6) is 0 Å². The van der Waals surface area contributed by atoms with Crippen molar-refractivity contribution < 1.29 is 52.8 Å². The van der Waals surface area contributed by atoms with Crippen molar-refractivity contribution in [2.24, 2.45) is 0 Å². The molecule has 20 rings (SSSR count). The highest BCUT2D eigenvalue weighted by molar-refractivity contribution is 7.94. The molecule has 4 N–H and O–H groups in total. The Bertz CT molecular complexity index is 7210. The highest BCUT2D eigenvalue weighted by atomic mass is 35.5. The molecule has 0 aliphatic carbocycles. The van der Waals surface area contributed by atoms with Gasteiger partial charge < -0.3 is 21.3 Å². The molecule has 4 fully saturated rings. The fraction of sp³-hybridized carbons (Fsp3) is 0.152. The van der Waals surface area contributed by atoms with Crippen molar-refractivity contribution >= 4 is 164 Å². The van der Waals surface area contributed by atoms with Crippen LogP contribution in [0.2, 0.25) is 5.02 Å². The van der Waals surface area contributed by atoms with Crippen LogP contribution >= 0.6 is 11.6 Å². The lowest BCUT2D eigenvalue weighted by atomic mass is 10.0. The second-order valence-corrected chi connectivity index (χ2v) is 40.2. The summed E-state index contributed by atoms with van der Waals surface area (Å²) in [5.74, 6) is 0.0962. The zero-order valence-corrected chi connectivity index (χ0v) is 75.5. The molecule has 11 heterocycles. The molecule has 0 atom stereocenters. The van der Waals surface area contributed by atoms with Gasteiger partial charge in [-0.05, 0) is 275 Å². The minimum atomic E-state index is -3.26. The molecule has 33 heteroatoms. The van der Waals surface area contributed by atoms with Gasteiger partial charge in [0.2, 0.25) is 40.1 Å². The van der Waals surface area contributed by atoms with E-state index in [0.717, 1.165) is 88.4 Å². The topological polar surface area (TPSA) is 369 Å². The van der Waals surface area contributed by atoms with E-state index in [-0.39, 0.29) is 46.6 Å². The molecule has 28 nitrogen and oxygen atoms in total. The van der Waals surface area contributed by atoms with Crippen molar-refractivity contribution in [1.29, 1.82) is 0 Å². The van der Waals surface area contributed by atoms with E-state index in [9.17, 15) is 52.8 Å². The van der Waals surface area contributed by atoms with Crippen molar-refractivity contribution in [1.82, 2.24) is 39.9 Å². The van der Waals surface area contributed by atoms with Gasteiger partial charge in [-0.15, -0.1) is 0 Å². The molecule has 4 saturated heterocycles. The SMILES string of the molecule is Cc1ccc(NC(=O)c2ccc(N3CCCS3(=O)=O)cc2)cc1-c1ccc2cnccc2n1.Cc1ccc(NC(=O)c2ccc(N3CCCS3(=O)=O)cc2)cc1-c1ncc2ccccc2n1.Cc1ccc(NC(=O)c2ccc(N3CCCS3(=O)=O)cc2)cc1-c1nccc2ncccc12.O=C(Nc1ccc(Cl)c(-c2nccc3ncccc23)c1)c1ccc(N2CCCS2(=O)=O)cc1. The molecule has 7 aromatic heterocycles. The van der Waals surface area contributed by atoms with Gasteiger partial charge in [0.05, 0.1) is 89.9 Å². The number of aryl methyl sites for hydroxylation is 3. The maximum absolute atomic E-state index is 12.9. The van der Waals surface area contributed by atoms with Crippen LogP contribution in [-0.4, -0.2) is 146 Å². The number of carbonyl (C=O) groups is 4. The summed E-state index contributed by atoms with van der Waals surface area (Å²) in [5.41, 5.74) is 18.7. The van der Waals surface area contributed by atoms with E-state index < -0.39 is 40.1 Å². The number of rotatable bonds is 16. The standard InChI is InChI=1S/3C25H22N4O3S.C24H19ClN4O3S/c1-17-3-7-20(15-22(17)24-10-6-19-16-26-12-11-23(19)28-24)27-25(30)18-4-8-21(9-5-18)29-13-2-14-33(29,31)32;1-17-5-8-19(16-22(17)24-21-4-2-12-26-23(21)11-13-27-24)28-25(30)18-6-9-20(10-7-18)29-14-3-15-33(29,31)32;1-17-7-10-20(15-22(17)24-26-16-19-5-2-3-6-23(19)28-24)27-25(30)18-8-11-21(12-9-18)29-13-4-14-33(29,31)32;25-21-9-6-17(15-20(21)23-19-3-1-11-26-22(19)10-12-27-23)28-24(30)16-4-7-18(8-5-16)29-13-2-14-33(29,31)32/h3-12,15-16H,2,13-14H2,1H3,(H,27,30);2,4-13,16H,3,14-15H2,1H3,(H,28,30);2-3,5-12,15-16H,4,13-14H2,1H3,(H,27,30);1,3-12,15H,2,13-14H2,(H,28,30). The van der Waals surface area contributed by atoms with Gasteiger partial charge in [0.1, 0.15) is 0 Å². The van der Waals surface area contributed by atoms with E-state index >= 15 is 0 Å². The molecule has 4 aliphatic heterocycles. The summed E-state index contributed by atoms with van der Waals surface area (Å²) in [6, 6.07) is 73.6. The molecule has 0 spiro atoms. The molecular weight excluding hydrogens is 1770 g/mol. The first-order valence-electron chi connectivity index (χ1n) is 42.3. The van der Waals surface area contributed by atoms with Crippen LogP contribution in [0, 0.1) is 20.8 Å². The summed E-state index contributed by atoms with van der Waals surface area (Å²) in [6.07, 6.45) is 14.6. The number of nitrogens with zero attached hydrogens (tertiary/aromatic N) is 12. The molecule has 4 aliphatic rings. The van der Waals surface area contributed by atoms with Crippen molar-refractivity contribution in [2.75, 3.05) is 87.7 Å². The summed E-state index contributed by atoms with van der Waals surface area (Å²) in [7, 11) is -13.0. The fourth-order valence-corrected chi connectivity index (χ4v) is 22.4. The average molecular weight is 1850 g/mol. The molecular formula is C99H85ClN16O12S4. The summed E-state index contributed by atoms with van der Waals surface area (Å²) in [5, 5.41) is 15.9. The van der Waals surface area contributed by atoms with Gasteiger partial charge in [-0.1, -0.05) is 48.0 Å². The van der Waals surface area contributed by atoms with Crippen LogP contribution in [0.3, 0.4) is 0 Å². The first-order chi connectivity index (χ1) is 63.6. The second-order valence-electron chi connectivity index (χ2n) is 31.7. The largest absolute Gasteiger partial charge is 0.322 e. The van der Waals surface area contributed by atoms with Crippen LogP contribution in [0.25, 0.3) is 88.8 Å². The fourth-order valence-electron chi connectivity index (χ4n) is 16.0. The number of aromatic nitrogens is 8. The summed E-state index contributed by atoms with van der Waals surface area (Å²) >= 11 is 6.46. The van der Waals surface area contributed by atoms with Gasteiger partial charge in [-0.3, -0.25) is 61.3 Å². The first kappa shape index (κ1) is 89.2. The van der Waals surface area contributed by atoms with Gasteiger partial charge in [0, 0.05) is 158 Å². The lowest BCUT2D eigenvalue weighted by molar-refractivity contribution is 0.101. The van der Waals surface area contributed by atoms with Gasteiger partial charge in [0.15, 0.2) is 5.82 Å². The number of sulfonamides is 4. The van der Waals surface area contributed by atoms with Gasteiger partial charge in [-0.2, -0.15) is 0 Å². The Hall–Kier alpha value is -14.8. The number of nitrogens with one attached hydrogen (secondary N) is 4. The van der Waals surface area contributed by atoms with Crippen LogP contribution in [0.1, 0.15) is 83.8 Å². The maximum Gasteiger partial charge on any atom is 0.255 e. The van der Waals surface area contributed by atoms with Crippen molar-refractivity contribution in [2.45, 2.75) is 46.5 Å². The molecule has 4 amide bonds. The number of anilines is 8. The smallest absolute Gasteiger partial charge is 0.255 e. The van der Waals surface area contributed by atoms with Gasteiger partial charge in [0.25, 0.3) is 23.6 Å². The molecule has 132 heavy (non-hydrogen) atoms. The Labute approximate surface area is 767 Å². The third-order valence-electron chi connectivity index (χ3n) is 22.8. The lowest BCUT2D eigenvalue weighted by Gasteiger charge is -2.17. The third kappa shape index (κ3) is 19.8. The zero-order chi connectivity index (χ0) is 92.0. The number of hydrogen-bond acceptors (Lipinski definition) is 20. The highest BCUT2D eigenvalue weighted by Crippen LogP contribution is 2.38. The van der Waals surface area contributed by atoms with Crippen LogP contribution in [0.15, 0.2) is 292 Å². The maximum atomic E-state index is 12.9. The number of amides is 4. The minimum absolute atomic E-state index is 0.149. The van der Waals surface area contributed by atoms with Crippen molar-refractivity contribution in [3.63, 3.8) is 0 Å². The molecule has 0 bridgehead atoms. The van der Waals surface area contributed by atoms with E-state index in [2.05, 4.69) is 56.2 Å². The summed E-state index contributed by atoms with van der Waals surface area (Å²) in [4.78, 5) is 87.1. The van der Waals surface area contributed by atoms with E-state index in [0.29, 0.717) is 142 Å². The summed E-state index contributed by atoms with van der Waals surface area (Å²) in [6.45, 7) is 7.85. The highest BCUT2D eigenvalue weighted by Gasteiger charge is 2.33. The Morgan fingerprint density at radius 2 is 0.682 bits per heavy atom. The predicted molar refractivity (Wildman–Crippen MR) is 520 cm³/mol. The zero-order valence-electron chi connectivity index (χ0n) is 71.5. The number of para-hydroxylation sites is 1. The Balaban J connectivity index is 0.000000123. The second kappa shape index (κ2) is 38.1. The normalized spacial score (nSPS) is 15.0. The van der Waals surface area contributed by atoms with Crippen molar-refractivity contribution in [3.8, 4) is 45.2 Å². The molecule has 0 radical (unpaired) electrons. The molecule has 9 aromatic carbocycles. The molecule has 16 aromatic rings. The number of carbonyl (C=O) groups excluding carboxylic acids is 4. The van der Waals surface area contributed by atoms with Crippen molar-refractivity contribution in [3.05, 3.63) is 336 Å². The van der Waals surface area contributed by atoms with Gasteiger partial charge in [-0.25, -0.2) is 48.6 Å². The Morgan fingerprint density at radius 1 is 0.318 bits per heavy atom. The number of pyridine rings is 6. The Kier molecular flexibility index (Phi) is 25.7. The minimum Gasteiger partial charge on any atom is -0.322 e. The van der Waals surface area contributed by atoms with Crippen LogP contribution in [-0.2, 0) is 40.1 Å².